The summed E-state index contributed by atoms with van der Waals surface area (Å²) >= 11 is 0. The van der Waals surface area contributed by atoms with Gasteiger partial charge in [0.2, 0.25) is 0 Å². The van der Waals surface area contributed by atoms with Crippen molar-refractivity contribution < 1.29 is 33.0 Å². The predicted molar refractivity (Wildman–Crippen MR) is 25.9 cm³/mol. The molecule has 0 saturated heterocycles. The van der Waals surface area contributed by atoms with E-state index in [1.54, 1.807) is 0 Å². The topological polar surface area (TPSA) is 101 Å². The molecular weight excluding hydrogens is 171 g/mol. The summed E-state index contributed by atoms with van der Waals surface area (Å²) < 4.78 is 31.7. The Morgan fingerprint density at radius 1 is 1.18 bits per heavy atom. The lowest BCUT2D eigenvalue weighted by atomic mass is 10.7. The van der Waals surface area contributed by atoms with Crippen LogP contribution in [0.5, 0.6) is 0 Å². The molecule has 0 atom stereocenters. The number of carboxylic acids is 1. The van der Waals surface area contributed by atoms with E-state index >= 15 is 0 Å². The third-order valence-corrected chi connectivity index (χ3v) is 0.243. The van der Waals surface area contributed by atoms with Gasteiger partial charge in [-0.1, -0.05) is 0 Å². The van der Waals surface area contributed by atoms with Gasteiger partial charge in [-0.2, -0.15) is 13.2 Å². The highest BCUT2D eigenvalue weighted by molar-refractivity contribution is 5.73. The number of carboxylic acid groups (broad SMARTS) is 2. The van der Waals surface area contributed by atoms with E-state index < -0.39 is 18.2 Å². The SMILES string of the molecule is NC(=O)O.O=C(O)C(F)(F)F. The van der Waals surface area contributed by atoms with Crippen molar-refractivity contribution in [1.82, 2.24) is 0 Å². The van der Waals surface area contributed by atoms with E-state index in [4.69, 9.17) is 19.8 Å². The number of hydrogen-bond acceptors (Lipinski definition) is 2. The van der Waals surface area contributed by atoms with E-state index in [1.807, 2.05) is 0 Å². The van der Waals surface area contributed by atoms with Crippen molar-refractivity contribution >= 4 is 12.1 Å². The van der Waals surface area contributed by atoms with Gasteiger partial charge in [-0.3, -0.25) is 0 Å². The van der Waals surface area contributed by atoms with Crippen LogP contribution in [-0.4, -0.2) is 28.5 Å². The Morgan fingerprint density at radius 3 is 1.27 bits per heavy atom. The lowest BCUT2D eigenvalue weighted by Gasteiger charge is -1.93. The maximum absolute atomic E-state index is 10.6. The van der Waals surface area contributed by atoms with Crippen molar-refractivity contribution in [2.24, 2.45) is 5.73 Å². The fourth-order valence-corrected chi connectivity index (χ4v) is 0. The Balaban J connectivity index is 0. The first kappa shape index (κ1) is 12.2. The number of primary amides is 1. The maximum atomic E-state index is 10.6. The van der Waals surface area contributed by atoms with Gasteiger partial charge in [-0.25, -0.2) is 9.59 Å². The molecule has 0 aliphatic carbocycles. The summed E-state index contributed by atoms with van der Waals surface area (Å²) in [6, 6.07) is 0. The zero-order chi connectivity index (χ0) is 9.65. The fraction of sp³-hybridized carbons (Fsp3) is 0.333. The van der Waals surface area contributed by atoms with Crippen LogP contribution in [-0.2, 0) is 4.79 Å². The molecule has 0 aromatic heterocycles. The molecule has 66 valence electrons. The monoisotopic (exact) mass is 175 g/mol. The molecule has 0 unspecified atom stereocenters. The molecule has 0 fully saturated rings. The Kier molecular flexibility index (Phi) is 4.85. The van der Waals surface area contributed by atoms with Crippen LogP contribution in [0.25, 0.3) is 0 Å². The van der Waals surface area contributed by atoms with E-state index in [9.17, 15) is 13.2 Å². The molecule has 0 aliphatic heterocycles. The second kappa shape index (κ2) is 4.36. The minimum Gasteiger partial charge on any atom is -0.475 e. The second-order valence-electron chi connectivity index (χ2n) is 1.14. The van der Waals surface area contributed by atoms with E-state index in [0.29, 0.717) is 0 Å². The fourth-order valence-electron chi connectivity index (χ4n) is 0. The molecule has 8 heteroatoms. The number of amides is 1. The van der Waals surface area contributed by atoms with Crippen LogP contribution in [0.4, 0.5) is 18.0 Å². The standard InChI is InChI=1S/C2HF3O2.CH3NO2/c3-2(4,5)1(6)7;2-1(3)4/h(H,6,7);2H2,(H,3,4). The Morgan fingerprint density at radius 2 is 1.27 bits per heavy atom. The van der Waals surface area contributed by atoms with Crippen LogP contribution in [0.15, 0.2) is 0 Å². The van der Waals surface area contributed by atoms with Crippen LogP contribution in [0.2, 0.25) is 0 Å². The summed E-state index contributed by atoms with van der Waals surface area (Å²) in [6.45, 7) is 0. The van der Waals surface area contributed by atoms with Crippen molar-refractivity contribution in [1.29, 1.82) is 0 Å². The lowest BCUT2D eigenvalue weighted by molar-refractivity contribution is -0.192. The highest BCUT2D eigenvalue weighted by Gasteiger charge is 2.38. The molecule has 4 N–H and O–H groups in total. The molecule has 0 aliphatic rings. The van der Waals surface area contributed by atoms with Crippen LogP contribution in [0.1, 0.15) is 0 Å². The minimum atomic E-state index is -5.08. The summed E-state index contributed by atoms with van der Waals surface area (Å²) in [5.41, 5.74) is 4.03. The number of nitrogens with two attached hydrogens (primary N) is 1. The highest BCUT2D eigenvalue weighted by atomic mass is 19.4. The summed E-state index contributed by atoms with van der Waals surface area (Å²) in [6.07, 6.45) is -6.42. The number of hydrogen-bond donors (Lipinski definition) is 3. The highest BCUT2D eigenvalue weighted by Crippen LogP contribution is 2.13. The molecule has 0 bridgehead atoms. The third kappa shape index (κ3) is 17.7. The first-order valence-corrected chi connectivity index (χ1v) is 1.96. The minimum absolute atomic E-state index is 1.33. The van der Waals surface area contributed by atoms with Gasteiger partial charge in [0.1, 0.15) is 0 Å². The summed E-state index contributed by atoms with van der Waals surface area (Å²) in [5, 5.41) is 14.3. The van der Waals surface area contributed by atoms with Crippen LogP contribution in [0, 0.1) is 0 Å². The average Bonchev–Trinajstić information content (AvgIpc) is 1.59. The number of carbonyl (C=O) groups is 2. The number of halogens is 3. The first-order valence-electron chi connectivity index (χ1n) is 1.96. The summed E-state index contributed by atoms with van der Waals surface area (Å²) in [5.74, 6) is -2.76. The van der Waals surface area contributed by atoms with Crippen LogP contribution >= 0.6 is 0 Å². The number of aliphatic carboxylic acids is 1. The Hall–Kier alpha value is -1.47. The molecule has 0 heterocycles. The van der Waals surface area contributed by atoms with Crippen molar-refractivity contribution in [3.8, 4) is 0 Å². The average molecular weight is 175 g/mol. The maximum Gasteiger partial charge on any atom is 0.490 e. The largest absolute Gasteiger partial charge is 0.490 e. The van der Waals surface area contributed by atoms with Gasteiger partial charge < -0.3 is 15.9 Å². The zero-order valence-electron chi connectivity index (χ0n) is 4.92. The second-order valence-corrected chi connectivity index (χ2v) is 1.14. The van der Waals surface area contributed by atoms with Gasteiger partial charge in [0, 0.05) is 0 Å². The quantitative estimate of drug-likeness (QED) is 0.491. The third-order valence-electron chi connectivity index (χ3n) is 0.243. The van der Waals surface area contributed by atoms with Gasteiger partial charge in [0.15, 0.2) is 0 Å². The summed E-state index contributed by atoms with van der Waals surface area (Å²) in [4.78, 5) is 17.7. The van der Waals surface area contributed by atoms with E-state index in [1.165, 1.54) is 0 Å². The van der Waals surface area contributed by atoms with E-state index in [2.05, 4.69) is 5.73 Å². The lowest BCUT2D eigenvalue weighted by Crippen LogP contribution is -2.21. The smallest absolute Gasteiger partial charge is 0.475 e. The van der Waals surface area contributed by atoms with E-state index in [0.717, 1.165) is 0 Å². The zero-order valence-corrected chi connectivity index (χ0v) is 4.92. The molecular formula is C3H4F3NO4. The predicted octanol–water partition coefficient (Wildman–Crippen LogP) is 0.256. The Bertz CT molecular complexity index is 149. The molecule has 11 heavy (non-hydrogen) atoms. The molecule has 0 aromatic rings. The Labute approximate surface area is 58.2 Å². The van der Waals surface area contributed by atoms with Crippen LogP contribution in [0.3, 0.4) is 0 Å². The number of rotatable bonds is 0. The molecule has 0 spiro atoms. The van der Waals surface area contributed by atoms with Gasteiger partial charge in [-0.15, -0.1) is 0 Å². The molecule has 0 rings (SSSR count). The van der Waals surface area contributed by atoms with Gasteiger partial charge in [0.25, 0.3) is 0 Å². The molecule has 1 amide bonds. The van der Waals surface area contributed by atoms with Crippen LogP contribution < -0.4 is 5.73 Å². The summed E-state index contributed by atoms with van der Waals surface area (Å²) in [7, 11) is 0. The van der Waals surface area contributed by atoms with Crippen molar-refractivity contribution in [3.63, 3.8) is 0 Å². The normalized spacial score (nSPS) is 9.36. The van der Waals surface area contributed by atoms with Gasteiger partial charge in [-0.05, 0) is 0 Å². The van der Waals surface area contributed by atoms with Crippen molar-refractivity contribution in [2.75, 3.05) is 0 Å². The molecule has 0 radical (unpaired) electrons. The van der Waals surface area contributed by atoms with E-state index in [-0.39, 0.29) is 0 Å². The van der Waals surface area contributed by atoms with Gasteiger partial charge in [0.05, 0.1) is 0 Å². The number of alkyl halides is 3. The molecule has 0 aromatic carbocycles. The van der Waals surface area contributed by atoms with Crippen molar-refractivity contribution in [2.45, 2.75) is 6.18 Å². The molecule has 0 saturated carbocycles. The first-order chi connectivity index (χ1) is 4.68. The van der Waals surface area contributed by atoms with Crippen molar-refractivity contribution in [3.05, 3.63) is 0 Å². The van der Waals surface area contributed by atoms with Gasteiger partial charge >= 0.3 is 18.2 Å². The molecule has 5 nitrogen and oxygen atoms in total.